The molecule has 0 saturated heterocycles. The van der Waals surface area contributed by atoms with Gasteiger partial charge in [0.15, 0.2) is 0 Å². The molecule has 0 spiro atoms. The number of benzene rings is 2. The number of carbonyl (C=O) groups is 1. The number of imidazole rings is 1. The minimum Gasteiger partial charge on any atom is -0.399 e. The fourth-order valence-electron chi connectivity index (χ4n) is 2.63. The number of pyridine rings is 1. The first-order valence-electron chi connectivity index (χ1n) is 7.88. The van der Waals surface area contributed by atoms with Crippen LogP contribution in [-0.2, 0) is 0 Å². The van der Waals surface area contributed by atoms with Crippen LogP contribution in [0.1, 0.15) is 10.4 Å². The minimum atomic E-state index is -0.461. The molecular formula is C19H14FN5O. The van der Waals surface area contributed by atoms with E-state index in [1.807, 2.05) is 0 Å². The van der Waals surface area contributed by atoms with Gasteiger partial charge in [-0.05, 0) is 48.5 Å². The van der Waals surface area contributed by atoms with E-state index in [4.69, 9.17) is 5.73 Å². The first-order chi connectivity index (χ1) is 12.6. The van der Waals surface area contributed by atoms with Gasteiger partial charge in [0.05, 0.1) is 16.6 Å². The lowest BCUT2D eigenvalue weighted by Crippen LogP contribution is -2.12. The highest BCUT2D eigenvalue weighted by atomic mass is 19.1. The average molecular weight is 347 g/mol. The monoisotopic (exact) mass is 347 g/mol. The van der Waals surface area contributed by atoms with Gasteiger partial charge in [0, 0.05) is 17.4 Å². The quantitative estimate of drug-likeness (QED) is 0.493. The molecule has 128 valence electrons. The Kier molecular flexibility index (Phi) is 3.81. The van der Waals surface area contributed by atoms with Crippen LogP contribution in [-0.4, -0.2) is 20.9 Å². The molecule has 0 aliphatic carbocycles. The zero-order valence-electron chi connectivity index (χ0n) is 13.5. The van der Waals surface area contributed by atoms with E-state index in [2.05, 4.69) is 20.3 Å². The summed E-state index contributed by atoms with van der Waals surface area (Å²) < 4.78 is 14.1. The number of nitrogen functional groups attached to an aromatic ring is 1. The number of nitrogens with zero attached hydrogens (tertiary/aromatic N) is 2. The maximum Gasteiger partial charge on any atom is 0.256 e. The number of rotatable bonds is 3. The number of fused-ring (bicyclic) bond motifs is 1. The molecular weight excluding hydrogens is 333 g/mol. The molecule has 0 radical (unpaired) electrons. The normalized spacial score (nSPS) is 10.8. The Labute approximate surface area is 147 Å². The SMILES string of the molecule is Nc1ccc(-c2nc3ccc(C(=O)Nc4ccccn4)cc3[nH]2)c(F)c1. The van der Waals surface area contributed by atoms with Crippen molar-refractivity contribution in [2.45, 2.75) is 0 Å². The van der Waals surface area contributed by atoms with Crippen molar-refractivity contribution in [3.8, 4) is 11.4 Å². The second-order valence-corrected chi connectivity index (χ2v) is 5.73. The smallest absolute Gasteiger partial charge is 0.256 e. The molecule has 0 saturated carbocycles. The highest BCUT2D eigenvalue weighted by Crippen LogP contribution is 2.25. The number of hydrogen-bond donors (Lipinski definition) is 3. The predicted octanol–water partition coefficient (Wildman–Crippen LogP) is 3.60. The first-order valence-corrected chi connectivity index (χ1v) is 7.88. The van der Waals surface area contributed by atoms with Crippen molar-refractivity contribution in [2.75, 3.05) is 11.1 Å². The third-order valence-corrected chi connectivity index (χ3v) is 3.90. The zero-order valence-corrected chi connectivity index (χ0v) is 13.5. The summed E-state index contributed by atoms with van der Waals surface area (Å²) in [5.74, 6) is 0.0872. The van der Waals surface area contributed by atoms with Gasteiger partial charge < -0.3 is 16.0 Å². The summed E-state index contributed by atoms with van der Waals surface area (Å²) in [4.78, 5) is 23.9. The van der Waals surface area contributed by atoms with E-state index < -0.39 is 5.82 Å². The van der Waals surface area contributed by atoms with Crippen molar-refractivity contribution in [2.24, 2.45) is 0 Å². The Hall–Kier alpha value is -3.74. The molecule has 0 aliphatic heterocycles. The first kappa shape index (κ1) is 15.8. The van der Waals surface area contributed by atoms with Crippen LogP contribution in [0.3, 0.4) is 0 Å². The van der Waals surface area contributed by atoms with Gasteiger partial charge in [-0.1, -0.05) is 6.07 Å². The van der Waals surface area contributed by atoms with Gasteiger partial charge in [-0.15, -0.1) is 0 Å². The van der Waals surface area contributed by atoms with E-state index in [9.17, 15) is 9.18 Å². The molecule has 6 nitrogen and oxygen atoms in total. The highest BCUT2D eigenvalue weighted by Gasteiger charge is 2.13. The van der Waals surface area contributed by atoms with Crippen LogP contribution in [0.25, 0.3) is 22.4 Å². The molecule has 2 aromatic carbocycles. The zero-order chi connectivity index (χ0) is 18.1. The molecule has 4 N–H and O–H groups in total. The second kappa shape index (κ2) is 6.29. The molecule has 1 amide bonds. The molecule has 0 atom stereocenters. The Balaban J connectivity index is 1.66. The van der Waals surface area contributed by atoms with Gasteiger partial charge in [-0.3, -0.25) is 4.79 Å². The van der Waals surface area contributed by atoms with Crippen molar-refractivity contribution >= 4 is 28.4 Å². The molecule has 2 aromatic heterocycles. The van der Waals surface area contributed by atoms with Crippen LogP contribution in [0.5, 0.6) is 0 Å². The number of anilines is 2. The molecule has 0 fully saturated rings. The van der Waals surface area contributed by atoms with E-state index in [1.54, 1.807) is 54.7 Å². The Morgan fingerprint density at radius 3 is 2.77 bits per heavy atom. The van der Waals surface area contributed by atoms with Gasteiger partial charge in [0.25, 0.3) is 5.91 Å². The van der Waals surface area contributed by atoms with Crippen LogP contribution >= 0.6 is 0 Å². The fraction of sp³-hybridized carbons (Fsp3) is 0. The third kappa shape index (κ3) is 2.98. The number of H-pyrrole nitrogens is 1. The van der Waals surface area contributed by atoms with Crippen molar-refractivity contribution in [1.82, 2.24) is 15.0 Å². The van der Waals surface area contributed by atoms with Gasteiger partial charge in [-0.25, -0.2) is 14.4 Å². The lowest BCUT2D eigenvalue weighted by Gasteiger charge is -2.03. The summed E-state index contributed by atoms with van der Waals surface area (Å²) in [6, 6.07) is 14.7. The third-order valence-electron chi connectivity index (χ3n) is 3.90. The number of nitrogens with one attached hydrogen (secondary N) is 2. The summed E-state index contributed by atoms with van der Waals surface area (Å²) in [7, 11) is 0. The van der Waals surface area contributed by atoms with Crippen LogP contribution in [0.2, 0.25) is 0 Å². The topological polar surface area (TPSA) is 96.7 Å². The molecule has 26 heavy (non-hydrogen) atoms. The van der Waals surface area contributed by atoms with Crippen molar-refractivity contribution < 1.29 is 9.18 Å². The molecule has 0 unspecified atom stereocenters. The van der Waals surface area contributed by atoms with Crippen LogP contribution in [0, 0.1) is 5.82 Å². The number of aromatic amines is 1. The molecule has 0 aliphatic rings. The summed E-state index contributed by atoms with van der Waals surface area (Å²) in [6.07, 6.45) is 1.60. The lowest BCUT2D eigenvalue weighted by atomic mass is 10.2. The number of amides is 1. The Morgan fingerprint density at radius 2 is 2.00 bits per heavy atom. The number of aromatic nitrogens is 3. The van der Waals surface area contributed by atoms with Crippen molar-refractivity contribution in [3.05, 3.63) is 72.2 Å². The largest absolute Gasteiger partial charge is 0.399 e. The Morgan fingerprint density at radius 1 is 1.12 bits per heavy atom. The maximum atomic E-state index is 14.1. The molecule has 2 heterocycles. The van der Waals surface area contributed by atoms with E-state index >= 15 is 0 Å². The standard InChI is InChI=1S/C19H14FN5O/c20-14-10-12(21)5-6-13(14)18-23-15-7-4-11(9-16(15)24-18)19(26)25-17-3-1-2-8-22-17/h1-10H,21H2,(H,23,24)(H,22,25,26). The summed E-state index contributed by atoms with van der Waals surface area (Å²) in [5.41, 5.74) is 7.94. The highest BCUT2D eigenvalue weighted by molar-refractivity contribution is 6.05. The Bertz CT molecular complexity index is 1110. The van der Waals surface area contributed by atoms with Gasteiger partial charge in [-0.2, -0.15) is 0 Å². The van der Waals surface area contributed by atoms with Gasteiger partial charge >= 0.3 is 0 Å². The van der Waals surface area contributed by atoms with Crippen LogP contribution in [0.15, 0.2) is 60.8 Å². The average Bonchev–Trinajstić information content (AvgIpc) is 3.05. The number of carbonyl (C=O) groups excluding carboxylic acids is 1. The molecule has 4 aromatic rings. The second-order valence-electron chi connectivity index (χ2n) is 5.73. The van der Waals surface area contributed by atoms with Crippen LogP contribution in [0.4, 0.5) is 15.9 Å². The summed E-state index contributed by atoms with van der Waals surface area (Å²) in [6.45, 7) is 0. The maximum absolute atomic E-state index is 14.1. The summed E-state index contributed by atoms with van der Waals surface area (Å²) in [5, 5.41) is 2.72. The lowest BCUT2D eigenvalue weighted by molar-refractivity contribution is 0.102. The van der Waals surface area contributed by atoms with Crippen LogP contribution < -0.4 is 11.1 Å². The van der Waals surface area contributed by atoms with Crippen molar-refractivity contribution in [1.29, 1.82) is 0 Å². The van der Waals surface area contributed by atoms with E-state index in [0.29, 0.717) is 39.5 Å². The number of halogens is 1. The van der Waals surface area contributed by atoms with Crippen molar-refractivity contribution in [3.63, 3.8) is 0 Å². The molecule has 7 heteroatoms. The van der Waals surface area contributed by atoms with E-state index in [-0.39, 0.29) is 5.91 Å². The van der Waals surface area contributed by atoms with Gasteiger partial charge in [0.1, 0.15) is 17.5 Å². The number of nitrogens with two attached hydrogens (primary N) is 1. The fourth-order valence-corrected chi connectivity index (χ4v) is 2.63. The minimum absolute atomic E-state index is 0.291. The summed E-state index contributed by atoms with van der Waals surface area (Å²) >= 11 is 0. The predicted molar refractivity (Wildman–Crippen MR) is 98.1 cm³/mol. The number of hydrogen-bond acceptors (Lipinski definition) is 4. The molecule has 4 rings (SSSR count). The van der Waals surface area contributed by atoms with E-state index in [0.717, 1.165) is 0 Å². The van der Waals surface area contributed by atoms with E-state index in [1.165, 1.54) is 6.07 Å². The van der Waals surface area contributed by atoms with Gasteiger partial charge in [0.2, 0.25) is 0 Å². The molecule has 0 bridgehead atoms.